The van der Waals surface area contributed by atoms with Crippen molar-refractivity contribution in [1.82, 2.24) is 0 Å². The van der Waals surface area contributed by atoms with E-state index in [4.69, 9.17) is 4.74 Å². The van der Waals surface area contributed by atoms with E-state index < -0.39 is 0 Å². The molecule has 0 unspecified atom stereocenters. The molecule has 0 aliphatic carbocycles. The van der Waals surface area contributed by atoms with Gasteiger partial charge in [-0.05, 0) is 49.2 Å². The molecule has 1 N–H and O–H groups in total. The lowest BCUT2D eigenvalue weighted by molar-refractivity contribution is -0.116. The lowest BCUT2D eigenvalue weighted by Gasteiger charge is -2.16. The molecule has 124 valence electrons. The van der Waals surface area contributed by atoms with Crippen LogP contribution in [0.15, 0.2) is 36.4 Å². The Hall–Kier alpha value is -2.82. The highest BCUT2D eigenvalue weighted by Crippen LogP contribution is 2.39. The number of carbonyl (C=O) groups is 2. The number of hydrogen-bond acceptors (Lipinski definition) is 3. The van der Waals surface area contributed by atoms with Gasteiger partial charge in [0.1, 0.15) is 5.75 Å². The van der Waals surface area contributed by atoms with Crippen LogP contribution in [0.2, 0.25) is 0 Å². The van der Waals surface area contributed by atoms with E-state index in [-0.39, 0.29) is 11.8 Å². The Morgan fingerprint density at radius 3 is 2.67 bits per heavy atom. The molecule has 5 nitrogen and oxygen atoms in total. The van der Waals surface area contributed by atoms with Crippen molar-refractivity contribution >= 4 is 23.2 Å². The van der Waals surface area contributed by atoms with Crippen LogP contribution in [-0.4, -0.2) is 18.9 Å². The second kappa shape index (κ2) is 6.35. The number of amides is 2. The normalized spacial score (nSPS) is 12.8. The van der Waals surface area contributed by atoms with Gasteiger partial charge in [-0.3, -0.25) is 9.59 Å². The molecule has 0 atom stereocenters. The van der Waals surface area contributed by atoms with Crippen molar-refractivity contribution in [3.05, 3.63) is 47.5 Å². The minimum atomic E-state index is -0.166. The summed E-state index contributed by atoms with van der Waals surface area (Å²) in [5, 5.41) is 2.81. The molecule has 0 bridgehead atoms. The SMILES string of the molecule is CCCC(=O)Nc1ccc2c(c1)C(=O)N(C)c1cc(C)ccc1O2. The molecular formula is C19H20N2O3. The van der Waals surface area contributed by atoms with Gasteiger partial charge in [0.05, 0.1) is 11.3 Å². The van der Waals surface area contributed by atoms with Gasteiger partial charge in [0.25, 0.3) is 5.91 Å². The molecule has 0 saturated carbocycles. The summed E-state index contributed by atoms with van der Waals surface area (Å²) in [6, 6.07) is 10.9. The predicted octanol–water partition coefficient (Wildman–Crippen LogP) is 4.12. The largest absolute Gasteiger partial charge is 0.454 e. The highest BCUT2D eigenvalue weighted by Gasteiger charge is 2.26. The summed E-state index contributed by atoms with van der Waals surface area (Å²) >= 11 is 0. The van der Waals surface area contributed by atoms with E-state index in [0.29, 0.717) is 29.2 Å². The van der Waals surface area contributed by atoms with Crippen LogP contribution in [0.1, 0.15) is 35.7 Å². The second-order valence-electron chi connectivity index (χ2n) is 5.95. The Bertz CT molecular complexity index is 814. The first-order chi connectivity index (χ1) is 11.5. The highest BCUT2D eigenvalue weighted by atomic mass is 16.5. The molecule has 3 rings (SSSR count). The van der Waals surface area contributed by atoms with E-state index in [1.807, 2.05) is 32.0 Å². The maximum Gasteiger partial charge on any atom is 0.261 e. The summed E-state index contributed by atoms with van der Waals surface area (Å²) in [5.41, 5.74) is 2.81. The molecule has 5 heteroatoms. The summed E-state index contributed by atoms with van der Waals surface area (Å²) in [6.45, 7) is 3.92. The first kappa shape index (κ1) is 16.1. The Kier molecular flexibility index (Phi) is 4.25. The van der Waals surface area contributed by atoms with Crippen molar-refractivity contribution in [2.45, 2.75) is 26.7 Å². The molecule has 0 saturated heterocycles. The van der Waals surface area contributed by atoms with Crippen LogP contribution in [-0.2, 0) is 4.79 Å². The molecule has 0 radical (unpaired) electrons. The van der Waals surface area contributed by atoms with Crippen LogP contribution in [0, 0.1) is 6.92 Å². The Morgan fingerprint density at radius 1 is 1.17 bits per heavy atom. The standard InChI is InChI=1S/C19H20N2O3/c1-4-5-18(22)20-13-7-9-16-14(11-13)19(23)21(3)15-10-12(2)6-8-17(15)24-16/h6-11H,4-5H2,1-3H3,(H,20,22). The molecule has 0 spiro atoms. The number of carbonyl (C=O) groups excluding carboxylic acids is 2. The minimum Gasteiger partial charge on any atom is -0.454 e. The van der Waals surface area contributed by atoms with Crippen LogP contribution in [0.5, 0.6) is 11.5 Å². The number of fused-ring (bicyclic) bond motifs is 2. The van der Waals surface area contributed by atoms with Gasteiger partial charge >= 0.3 is 0 Å². The Balaban J connectivity index is 1.99. The summed E-state index contributed by atoms with van der Waals surface area (Å²) in [6.07, 6.45) is 1.22. The number of ether oxygens (including phenoxy) is 1. The zero-order valence-electron chi connectivity index (χ0n) is 14.1. The average Bonchev–Trinajstić information content (AvgIpc) is 2.65. The highest BCUT2D eigenvalue weighted by molar-refractivity contribution is 6.10. The Morgan fingerprint density at radius 2 is 1.92 bits per heavy atom. The van der Waals surface area contributed by atoms with Crippen molar-refractivity contribution in [2.24, 2.45) is 0 Å². The maximum atomic E-state index is 12.8. The van der Waals surface area contributed by atoms with E-state index in [2.05, 4.69) is 5.32 Å². The first-order valence-electron chi connectivity index (χ1n) is 8.00. The van der Waals surface area contributed by atoms with E-state index >= 15 is 0 Å². The number of nitrogens with zero attached hydrogens (tertiary/aromatic N) is 1. The molecule has 24 heavy (non-hydrogen) atoms. The lowest BCUT2D eigenvalue weighted by Crippen LogP contribution is -2.25. The summed E-state index contributed by atoms with van der Waals surface area (Å²) < 4.78 is 5.93. The monoisotopic (exact) mass is 324 g/mol. The summed E-state index contributed by atoms with van der Waals surface area (Å²) in [7, 11) is 1.72. The minimum absolute atomic E-state index is 0.0632. The smallest absolute Gasteiger partial charge is 0.261 e. The van der Waals surface area contributed by atoms with E-state index in [1.54, 1.807) is 30.1 Å². The van der Waals surface area contributed by atoms with Gasteiger partial charge in [0, 0.05) is 19.2 Å². The van der Waals surface area contributed by atoms with Gasteiger partial charge in [0.15, 0.2) is 5.75 Å². The van der Waals surface area contributed by atoms with Crippen molar-refractivity contribution in [2.75, 3.05) is 17.3 Å². The molecule has 1 aliphatic rings. The fourth-order valence-corrected chi connectivity index (χ4v) is 2.70. The average molecular weight is 324 g/mol. The number of hydrogen-bond donors (Lipinski definition) is 1. The van der Waals surface area contributed by atoms with Crippen LogP contribution >= 0.6 is 0 Å². The quantitative estimate of drug-likeness (QED) is 0.924. The molecule has 2 amide bonds. The van der Waals surface area contributed by atoms with Gasteiger partial charge in [-0.25, -0.2) is 0 Å². The van der Waals surface area contributed by atoms with E-state index in [1.165, 1.54) is 0 Å². The zero-order valence-corrected chi connectivity index (χ0v) is 14.1. The van der Waals surface area contributed by atoms with Crippen molar-refractivity contribution in [3.8, 4) is 11.5 Å². The van der Waals surface area contributed by atoms with Gasteiger partial charge in [-0.1, -0.05) is 13.0 Å². The number of anilines is 2. The van der Waals surface area contributed by atoms with Gasteiger partial charge in [0.2, 0.25) is 5.91 Å². The van der Waals surface area contributed by atoms with Crippen molar-refractivity contribution in [3.63, 3.8) is 0 Å². The number of benzene rings is 2. The van der Waals surface area contributed by atoms with Crippen LogP contribution < -0.4 is 15.0 Å². The molecular weight excluding hydrogens is 304 g/mol. The fraction of sp³-hybridized carbons (Fsp3) is 0.263. The van der Waals surface area contributed by atoms with Crippen LogP contribution in [0.25, 0.3) is 0 Å². The fourth-order valence-electron chi connectivity index (χ4n) is 2.70. The third kappa shape index (κ3) is 2.97. The van der Waals surface area contributed by atoms with Gasteiger partial charge in [-0.2, -0.15) is 0 Å². The lowest BCUT2D eigenvalue weighted by atomic mass is 10.1. The molecule has 0 fully saturated rings. The van der Waals surface area contributed by atoms with Crippen LogP contribution in [0.3, 0.4) is 0 Å². The van der Waals surface area contributed by atoms with Crippen molar-refractivity contribution < 1.29 is 14.3 Å². The third-order valence-corrected chi connectivity index (χ3v) is 3.97. The summed E-state index contributed by atoms with van der Waals surface area (Å²) in [4.78, 5) is 26.2. The maximum absolute atomic E-state index is 12.8. The molecule has 2 aromatic carbocycles. The molecule has 2 aromatic rings. The number of rotatable bonds is 3. The predicted molar refractivity (Wildman–Crippen MR) is 94.0 cm³/mol. The molecule has 0 aromatic heterocycles. The first-order valence-corrected chi connectivity index (χ1v) is 8.00. The third-order valence-electron chi connectivity index (χ3n) is 3.97. The second-order valence-corrected chi connectivity index (χ2v) is 5.95. The van der Waals surface area contributed by atoms with Gasteiger partial charge in [-0.15, -0.1) is 0 Å². The summed E-state index contributed by atoms with van der Waals surface area (Å²) in [5.74, 6) is 0.897. The molecule has 1 aliphatic heterocycles. The Labute approximate surface area is 141 Å². The van der Waals surface area contributed by atoms with Crippen LogP contribution in [0.4, 0.5) is 11.4 Å². The zero-order chi connectivity index (χ0) is 17.3. The number of aryl methyl sites for hydroxylation is 1. The van der Waals surface area contributed by atoms with Crippen molar-refractivity contribution in [1.29, 1.82) is 0 Å². The van der Waals surface area contributed by atoms with Gasteiger partial charge < -0.3 is 15.0 Å². The van der Waals surface area contributed by atoms with E-state index in [0.717, 1.165) is 17.7 Å². The molecule has 1 heterocycles. The topological polar surface area (TPSA) is 58.6 Å². The number of nitrogens with one attached hydrogen (secondary N) is 1. The van der Waals surface area contributed by atoms with E-state index in [9.17, 15) is 9.59 Å².